The number of pyridine rings is 1. The third kappa shape index (κ3) is 7.63. The third-order valence-corrected chi connectivity index (χ3v) is 3.78. The van der Waals surface area contributed by atoms with Crippen LogP contribution in [-0.4, -0.2) is 29.4 Å². The number of hydrogen-bond donors (Lipinski definition) is 3. The summed E-state index contributed by atoms with van der Waals surface area (Å²) >= 11 is 0. The maximum absolute atomic E-state index is 11.8. The van der Waals surface area contributed by atoms with E-state index >= 15 is 0 Å². The quantitative estimate of drug-likeness (QED) is 0.719. The van der Waals surface area contributed by atoms with E-state index in [9.17, 15) is 9.59 Å². The molecule has 8 heteroatoms. The Morgan fingerprint density at radius 2 is 2.04 bits per heavy atom. The molecule has 1 aliphatic rings. The minimum absolute atomic E-state index is 0. The van der Waals surface area contributed by atoms with E-state index in [4.69, 9.17) is 5.73 Å². The van der Waals surface area contributed by atoms with Crippen LogP contribution in [0.3, 0.4) is 0 Å². The van der Waals surface area contributed by atoms with Crippen molar-refractivity contribution in [3.05, 3.63) is 24.5 Å². The van der Waals surface area contributed by atoms with Gasteiger partial charge in [0.15, 0.2) is 0 Å². The Morgan fingerprint density at radius 3 is 2.65 bits per heavy atom. The Balaban J connectivity index is 0.00000242. The van der Waals surface area contributed by atoms with Crippen molar-refractivity contribution < 1.29 is 9.59 Å². The number of hydrogen-bond acceptors (Lipinski definition) is 4. The molecule has 1 aromatic rings. The van der Waals surface area contributed by atoms with Crippen molar-refractivity contribution in [2.24, 2.45) is 11.7 Å². The summed E-state index contributed by atoms with van der Waals surface area (Å²) in [5.74, 6) is 0.126. The first-order valence-corrected chi connectivity index (χ1v) is 7.37. The van der Waals surface area contributed by atoms with Crippen molar-refractivity contribution in [1.82, 2.24) is 10.3 Å². The molecule has 1 heterocycles. The molecular formula is C15H24Cl2N4O2. The number of halogens is 2. The number of nitrogens with two attached hydrogens (primary N) is 1. The maximum atomic E-state index is 11.8. The van der Waals surface area contributed by atoms with Gasteiger partial charge in [0.05, 0.1) is 11.9 Å². The molecule has 0 saturated heterocycles. The van der Waals surface area contributed by atoms with E-state index in [1.54, 1.807) is 24.5 Å². The molecule has 2 rings (SSSR count). The second kappa shape index (κ2) is 11.2. The topological polar surface area (TPSA) is 97.1 Å². The Bertz CT molecular complexity index is 488. The summed E-state index contributed by atoms with van der Waals surface area (Å²) in [4.78, 5) is 27.4. The molecule has 0 spiro atoms. The zero-order valence-corrected chi connectivity index (χ0v) is 14.5. The van der Waals surface area contributed by atoms with E-state index in [1.165, 1.54) is 0 Å². The van der Waals surface area contributed by atoms with Crippen molar-refractivity contribution in [2.45, 2.75) is 38.1 Å². The van der Waals surface area contributed by atoms with Crippen molar-refractivity contribution in [3.63, 3.8) is 0 Å². The second-order valence-corrected chi connectivity index (χ2v) is 5.45. The largest absolute Gasteiger partial charge is 0.356 e. The Hall–Kier alpha value is -1.37. The fraction of sp³-hybridized carbons (Fsp3) is 0.533. The number of carbonyl (C=O) groups is 2. The average molecular weight is 363 g/mol. The van der Waals surface area contributed by atoms with Gasteiger partial charge < -0.3 is 16.4 Å². The van der Waals surface area contributed by atoms with E-state index in [0.29, 0.717) is 18.7 Å². The van der Waals surface area contributed by atoms with Crippen LogP contribution in [0.5, 0.6) is 0 Å². The molecular weight excluding hydrogens is 339 g/mol. The molecule has 130 valence electrons. The van der Waals surface area contributed by atoms with Crippen LogP contribution in [0.1, 0.15) is 32.1 Å². The predicted octanol–water partition coefficient (Wildman–Crippen LogP) is 1.89. The van der Waals surface area contributed by atoms with Gasteiger partial charge in [-0.1, -0.05) is 6.42 Å². The number of carbonyl (C=O) groups excluding carboxylic acids is 2. The monoisotopic (exact) mass is 362 g/mol. The number of nitrogens with one attached hydrogen (secondary N) is 2. The fourth-order valence-electron chi connectivity index (χ4n) is 2.60. The lowest BCUT2D eigenvalue weighted by atomic mass is 10.00. The highest BCUT2D eigenvalue weighted by atomic mass is 35.5. The zero-order valence-electron chi connectivity index (χ0n) is 12.9. The molecule has 1 fully saturated rings. The first-order valence-electron chi connectivity index (χ1n) is 7.37. The van der Waals surface area contributed by atoms with Gasteiger partial charge in [0.1, 0.15) is 0 Å². The molecule has 1 aromatic heterocycles. The number of anilines is 1. The van der Waals surface area contributed by atoms with Gasteiger partial charge >= 0.3 is 0 Å². The average Bonchev–Trinajstić information content (AvgIpc) is 2.85. The van der Waals surface area contributed by atoms with Gasteiger partial charge in [-0.25, -0.2) is 0 Å². The summed E-state index contributed by atoms with van der Waals surface area (Å²) in [6.45, 7) is 0.340. The van der Waals surface area contributed by atoms with Crippen LogP contribution in [0.25, 0.3) is 0 Å². The van der Waals surface area contributed by atoms with Gasteiger partial charge in [0, 0.05) is 31.6 Å². The molecule has 2 atom stereocenters. The number of amides is 2. The molecule has 4 N–H and O–H groups in total. The van der Waals surface area contributed by atoms with E-state index in [2.05, 4.69) is 15.6 Å². The SMILES string of the molecule is Cl.Cl.N[C@@H]1CCC[C@H]1CC(=O)NCCC(=O)Nc1cccnc1. The van der Waals surface area contributed by atoms with Crippen LogP contribution in [0, 0.1) is 5.92 Å². The van der Waals surface area contributed by atoms with Crippen LogP contribution < -0.4 is 16.4 Å². The zero-order chi connectivity index (χ0) is 15.1. The summed E-state index contributed by atoms with van der Waals surface area (Å²) < 4.78 is 0. The smallest absolute Gasteiger partial charge is 0.226 e. The summed E-state index contributed by atoms with van der Waals surface area (Å²) in [7, 11) is 0. The Kier molecular flexibility index (Phi) is 10.5. The van der Waals surface area contributed by atoms with E-state index in [1.807, 2.05) is 0 Å². The van der Waals surface area contributed by atoms with Gasteiger partial charge in [-0.15, -0.1) is 24.8 Å². The van der Waals surface area contributed by atoms with Gasteiger partial charge in [0.25, 0.3) is 0 Å². The minimum atomic E-state index is -0.138. The third-order valence-electron chi connectivity index (χ3n) is 3.78. The molecule has 0 unspecified atom stereocenters. The highest BCUT2D eigenvalue weighted by Gasteiger charge is 2.25. The van der Waals surface area contributed by atoms with Crippen LogP contribution in [0.15, 0.2) is 24.5 Å². The summed E-state index contributed by atoms with van der Waals surface area (Å²) in [6.07, 6.45) is 7.07. The number of nitrogens with zero attached hydrogens (tertiary/aromatic N) is 1. The summed E-state index contributed by atoms with van der Waals surface area (Å²) in [5, 5.41) is 5.50. The van der Waals surface area contributed by atoms with Crippen molar-refractivity contribution in [3.8, 4) is 0 Å². The molecule has 1 saturated carbocycles. The van der Waals surface area contributed by atoms with Crippen LogP contribution in [0.2, 0.25) is 0 Å². The first-order chi connectivity index (χ1) is 10.1. The molecule has 6 nitrogen and oxygen atoms in total. The van der Waals surface area contributed by atoms with E-state index in [0.717, 1.165) is 19.3 Å². The fourth-order valence-corrected chi connectivity index (χ4v) is 2.60. The highest BCUT2D eigenvalue weighted by Crippen LogP contribution is 2.26. The number of rotatable bonds is 6. The normalized spacial score (nSPS) is 19.2. The van der Waals surface area contributed by atoms with Gasteiger partial charge in [0.2, 0.25) is 11.8 Å². The predicted molar refractivity (Wildman–Crippen MR) is 94.9 cm³/mol. The lowest BCUT2D eigenvalue weighted by Gasteiger charge is -2.14. The molecule has 23 heavy (non-hydrogen) atoms. The highest BCUT2D eigenvalue weighted by molar-refractivity contribution is 5.90. The molecule has 2 amide bonds. The van der Waals surface area contributed by atoms with E-state index in [-0.39, 0.29) is 55.0 Å². The van der Waals surface area contributed by atoms with Crippen molar-refractivity contribution in [2.75, 3.05) is 11.9 Å². The molecule has 0 aromatic carbocycles. The summed E-state index contributed by atoms with van der Waals surface area (Å²) in [6, 6.07) is 3.66. The first kappa shape index (κ1) is 21.6. The van der Waals surface area contributed by atoms with E-state index < -0.39 is 0 Å². The van der Waals surface area contributed by atoms with Gasteiger partial charge in [-0.05, 0) is 30.9 Å². The molecule has 0 aliphatic heterocycles. The van der Waals surface area contributed by atoms with Crippen molar-refractivity contribution in [1.29, 1.82) is 0 Å². The van der Waals surface area contributed by atoms with Crippen molar-refractivity contribution >= 4 is 42.3 Å². The van der Waals surface area contributed by atoms with Crippen LogP contribution >= 0.6 is 24.8 Å². The molecule has 1 aliphatic carbocycles. The van der Waals surface area contributed by atoms with Gasteiger partial charge in [-0.3, -0.25) is 14.6 Å². The lowest BCUT2D eigenvalue weighted by molar-refractivity contribution is -0.122. The standard InChI is InChI=1S/C15H22N4O2.2ClH/c16-13-5-1-3-11(13)9-15(21)18-8-6-14(20)19-12-4-2-7-17-10-12;;/h2,4,7,10-11,13H,1,3,5-6,8-9,16H2,(H,18,21)(H,19,20);2*1H/t11-,13+;;/m0../s1. The maximum Gasteiger partial charge on any atom is 0.226 e. The second-order valence-electron chi connectivity index (χ2n) is 5.45. The lowest BCUT2D eigenvalue weighted by Crippen LogP contribution is -2.33. The Labute approximate surface area is 148 Å². The molecule has 0 bridgehead atoms. The molecule has 0 radical (unpaired) electrons. The van der Waals surface area contributed by atoms with Crippen LogP contribution in [0.4, 0.5) is 5.69 Å². The van der Waals surface area contributed by atoms with Gasteiger partial charge in [-0.2, -0.15) is 0 Å². The number of aromatic nitrogens is 1. The summed E-state index contributed by atoms with van der Waals surface area (Å²) in [5.41, 5.74) is 6.60. The minimum Gasteiger partial charge on any atom is -0.356 e. The Morgan fingerprint density at radius 1 is 1.26 bits per heavy atom. The van der Waals surface area contributed by atoms with Crippen LogP contribution in [-0.2, 0) is 9.59 Å².